The van der Waals surface area contributed by atoms with E-state index in [0.29, 0.717) is 5.92 Å². The van der Waals surface area contributed by atoms with Gasteiger partial charge in [-0.05, 0) is 38.1 Å². The predicted octanol–water partition coefficient (Wildman–Crippen LogP) is 2.72. The highest BCUT2D eigenvalue weighted by Gasteiger charge is 2.08. The summed E-state index contributed by atoms with van der Waals surface area (Å²) in [6.07, 6.45) is 14.4. The minimum atomic E-state index is 0.699. The predicted molar refractivity (Wildman–Crippen MR) is 68.2 cm³/mol. The minimum Gasteiger partial charge on any atom is -0.365 e. The van der Waals surface area contributed by atoms with Crippen LogP contribution in [-0.2, 0) is 0 Å². The molecule has 0 saturated carbocycles. The Labute approximate surface area is 93.2 Å². The van der Waals surface area contributed by atoms with Gasteiger partial charge in [-0.3, -0.25) is 0 Å². The van der Waals surface area contributed by atoms with E-state index in [-0.39, 0.29) is 0 Å². The van der Waals surface area contributed by atoms with E-state index in [4.69, 9.17) is 0 Å². The van der Waals surface area contributed by atoms with E-state index in [1.807, 2.05) is 18.4 Å². The first kappa shape index (κ1) is 13.7. The Bertz CT molecular complexity index is 249. The molecule has 0 aliphatic carbocycles. The first-order valence-corrected chi connectivity index (χ1v) is 5.36. The monoisotopic (exact) mass is 206 g/mol. The maximum atomic E-state index is 4.50. The van der Waals surface area contributed by atoms with Gasteiger partial charge in [-0.25, -0.2) is 0 Å². The number of rotatable bonds is 3. The fourth-order valence-corrected chi connectivity index (χ4v) is 1.35. The van der Waals surface area contributed by atoms with Crippen molar-refractivity contribution >= 4 is 0 Å². The van der Waals surface area contributed by atoms with Crippen LogP contribution >= 0.6 is 0 Å². The van der Waals surface area contributed by atoms with Crippen molar-refractivity contribution in [2.24, 2.45) is 11.7 Å². The lowest BCUT2D eigenvalue weighted by atomic mass is 9.98. The molecule has 15 heavy (non-hydrogen) atoms. The molecule has 1 atom stereocenters. The molecule has 0 aromatic heterocycles. The smallest absolute Gasteiger partial charge is 0.0152 e. The van der Waals surface area contributed by atoms with Gasteiger partial charge in [-0.15, -0.1) is 0 Å². The summed E-state index contributed by atoms with van der Waals surface area (Å²) in [6, 6.07) is 0. The lowest BCUT2D eigenvalue weighted by molar-refractivity contribution is 0.582. The quantitative estimate of drug-likeness (QED) is 0.697. The van der Waals surface area contributed by atoms with Crippen LogP contribution in [0.4, 0.5) is 0 Å². The Morgan fingerprint density at radius 3 is 2.87 bits per heavy atom. The van der Waals surface area contributed by atoms with Crippen molar-refractivity contribution in [3.05, 3.63) is 48.9 Å². The Balaban J connectivity index is 0.000000921. The number of allylic oxidation sites excluding steroid dienone is 6. The van der Waals surface area contributed by atoms with Gasteiger partial charge < -0.3 is 11.1 Å². The molecule has 0 spiro atoms. The third-order valence-electron chi connectivity index (χ3n) is 2.19. The fraction of sp³-hybridized carbons (Fsp3) is 0.385. The van der Waals surface area contributed by atoms with Crippen LogP contribution in [0, 0.1) is 5.92 Å². The van der Waals surface area contributed by atoms with Crippen molar-refractivity contribution in [1.29, 1.82) is 0 Å². The van der Waals surface area contributed by atoms with Gasteiger partial charge in [0.25, 0.3) is 0 Å². The number of hydrogen-bond acceptors (Lipinski definition) is 2. The van der Waals surface area contributed by atoms with Crippen LogP contribution in [0.15, 0.2) is 48.9 Å². The van der Waals surface area contributed by atoms with Crippen LogP contribution in [0.25, 0.3) is 0 Å². The summed E-state index contributed by atoms with van der Waals surface area (Å²) in [5.41, 5.74) is 5.78. The van der Waals surface area contributed by atoms with Gasteiger partial charge >= 0.3 is 0 Å². The second-order valence-electron chi connectivity index (χ2n) is 3.19. The molecule has 84 valence electrons. The molecule has 1 heterocycles. The van der Waals surface area contributed by atoms with Gasteiger partial charge in [0.1, 0.15) is 0 Å². The van der Waals surface area contributed by atoms with Crippen LogP contribution in [0.3, 0.4) is 0 Å². The summed E-state index contributed by atoms with van der Waals surface area (Å²) in [5.74, 6) is 0.699. The summed E-state index contributed by atoms with van der Waals surface area (Å²) < 4.78 is 0. The molecule has 0 radical (unpaired) electrons. The molecule has 0 amide bonds. The third-order valence-corrected chi connectivity index (χ3v) is 2.19. The molecule has 2 nitrogen and oxygen atoms in total. The van der Waals surface area contributed by atoms with Gasteiger partial charge in [0, 0.05) is 5.70 Å². The zero-order chi connectivity index (χ0) is 11.5. The van der Waals surface area contributed by atoms with Crippen LogP contribution < -0.4 is 11.1 Å². The average Bonchev–Trinajstić information content (AvgIpc) is 2.32. The van der Waals surface area contributed by atoms with Gasteiger partial charge in [0.15, 0.2) is 0 Å². The molecule has 0 bridgehead atoms. The van der Waals surface area contributed by atoms with E-state index in [0.717, 1.165) is 6.42 Å². The fourth-order valence-electron chi connectivity index (χ4n) is 1.35. The molecule has 1 aliphatic rings. The molecule has 2 heteroatoms. The van der Waals surface area contributed by atoms with Gasteiger partial charge in [0.05, 0.1) is 0 Å². The Morgan fingerprint density at radius 1 is 1.53 bits per heavy atom. The standard InChI is InChI=1S/C12H17N.CH5N/c1-3-5-6-7-12-10-11(4-2)8-9-13-12;1-2/h3,5-9,11,13H,1,4,10H2,2H3;2H2,1H3/b6-5-,12-7+;. The molecule has 1 aliphatic heterocycles. The number of hydrogen-bond donors (Lipinski definition) is 2. The SMILES string of the molecule is C=C/C=C\C=C1/CC(CC)C=CN1.CN. The van der Waals surface area contributed by atoms with Crippen LogP contribution in [0.1, 0.15) is 19.8 Å². The second kappa shape index (κ2) is 9.28. The van der Waals surface area contributed by atoms with E-state index in [9.17, 15) is 0 Å². The van der Waals surface area contributed by atoms with Crippen molar-refractivity contribution in [1.82, 2.24) is 5.32 Å². The highest BCUT2D eigenvalue weighted by Crippen LogP contribution is 2.18. The topological polar surface area (TPSA) is 38.0 Å². The Morgan fingerprint density at radius 2 is 2.27 bits per heavy atom. The zero-order valence-electron chi connectivity index (χ0n) is 9.74. The van der Waals surface area contributed by atoms with Crippen LogP contribution in [0.5, 0.6) is 0 Å². The van der Waals surface area contributed by atoms with Crippen LogP contribution in [0.2, 0.25) is 0 Å². The Hall–Kier alpha value is -1.28. The molecule has 0 fully saturated rings. The van der Waals surface area contributed by atoms with Crippen LogP contribution in [-0.4, -0.2) is 7.05 Å². The molecular formula is C13H22N2. The van der Waals surface area contributed by atoms with E-state index in [2.05, 4.69) is 36.7 Å². The first-order valence-electron chi connectivity index (χ1n) is 5.36. The highest BCUT2D eigenvalue weighted by molar-refractivity contribution is 5.19. The molecule has 1 rings (SSSR count). The summed E-state index contributed by atoms with van der Waals surface area (Å²) in [7, 11) is 1.50. The van der Waals surface area contributed by atoms with Crippen molar-refractivity contribution in [3.8, 4) is 0 Å². The molecule has 3 N–H and O–H groups in total. The van der Waals surface area contributed by atoms with E-state index in [1.165, 1.54) is 19.2 Å². The molecule has 1 unspecified atom stereocenters. The van der Waals surface area contributed by atoms with E-state index >= 15 is 0 Å². The summed E-state index contributed by atoms with van der Waals surface area (Å²) in [5, 5.41) is 3.24. The zero-order valence-corrected chi connectivity index (χ0v) is 9.74. The largest absolute Gasteiger partial charge is 0.365 e. The van der Waals surface area contributed by atoms with Crippen molar-refractivity contribution < 1.29 is 0 Å². The van der Waals surface area contributed by atoms with Crippen molar-refractivity contribution in [3.63, 3.8) is 0 Å². The molecule has 0 aromatic carbocycles. The summed E-state index contributed by atoms with van der Waals surface area (Å²) in [6.45, 7) is 5.84. The van der Waals surface area contributed by atoms with E-state index < -0.39 is 0 Å². The molecule has 0 aromatic rings. The van der Waals surface area contributed by atoms with Crippen molar-refractivity contribution in [2.45, 2.75) is 19.8 Å². The lowest BCUT2D eigenvalue weighted by Gasteiger charge is -2.18. The second-order valence-corrected chi connectivity index (χ2v) is 3.19. The first-order chi connectivity index (χ1) is 7.36. The molecule has 0 saturated heterocycles. The average molecular weight is 206 g/mol. The summed E-state index contributed by atoms with van der Waals surface area (Å²) in [4.78, 5) is 0. The summed E-state index contributed by atoms with van der Waals surface area (Å²) >= 11 is 0. The normalized spacial score (nSPS) is 22.1. The lowest BCUT2D eigenvalue weighted by Crippen LogP contribution is -2.14. The van der Waals surface area contributed by atoms with Crippen molar-refractivity contribution in [2.75, 3.05) is 7.05 Å². The highest BCUT2D eigenvalue weighted by atomic mass is 14.9. The van der Waals surface area contributed by atoms with E-state index in [1.54, 1.807) is 6.08 Å². The van der Waals surface area contributed by atoms with Gasteiger partial charge in [-0.2, -0.15) is 0 Å². The Kier molecular flexibility index (Phi) is 8.49. The molecular weight excluding hydrogens is 184 g/mol. The maximum Gasteiger partial charge on any atom is 0.0152 e. The minimum absolute atomic E-state index is 0.699. The third kappa shape index (κ3) is 5.92. The van der Waals surface area contributed by atoms with Gasteiger partial charge in [-0.1, -0.05) is 37.8 Å². The number of nitrogens with two attached hydrogens (primary N) is 1. The number of nitrogens with one attached hydrogen (secondary N) is 1. The maximum absolute atomic E-state index is 4.50. The van der Waals surface area contributed by atoms with Gasteiger partial charge in [0.2, 0.25) is 0 Å².